The van der Waals surface area contributed by atoms with Gasteiger partial charge in [0.2, 0.25) is 5.72 Å². The maximum absolute atomic E-state index is 13.0. The molecule has 0 amide bonds. The second kappa shape index (κ2) is 9.24. The number of benzene rings is 3. The fourth-order valence-corrected chi connectivity index (χ4v) is 5.81. The van der Waals surface area contributed by atoms with Crippen molar-refractivity contribution in [3.05, 3.63) is 88.9 Å². The number of methoxy groups -OCH3 is 1. The van der Waals surface area contributed by atoms with Gasteiger partial charge in [-0.05, 0) is 61.0 Å². The molecule has 8 heteroatoms. The number of para-hydroxylation sites is 1. The van der Waals surface area contributed by atoms with Crippen molar-refractivity contribution >= 4 is 40.9 Å². The highest BCUT2D eigenvalue weighted by Crippen LogP contribution is 2.55. The van der Waals surface area contributed by atoms with Crippen LogP contribution in [0.25, 0.3) is 0 Å². The molecule has 3 aromatic carbocycles. The van der Waals surface area contributed by atoms with Crippen molar-refractivity contribution in [1.29, 1.82) is 0 Å². The van der Waals surface area contributed by atoms with Gasteiger partial charge >= 0.3 is 5.97 Å². The van der Waals surface area contributed by atoms with E-state index in [4.69, 9.17) is 25.9 Å². The Balaban J connectivity index is 1.70. The molecule has 0 fully saturated rings. The molecule has 0 bridgehead atoms. The first-order chi connectivity index (χ1) is 16.6. The highest BCUT2D eigenvalue weighted by molar-refractivity contribution is 7.99. The van der Waals surface area contributed by atoms with Crippen LogP contribution in [0.3, 0.4) is 0 Å². The number of carbonyl (C=O) groups excluding carboxylic acids is 1. The summed E-state index contributed by atoms with van der Waals surface area (Å²) in [4.78, 5) is 22.1. The molecule has 0 saturated carbocycles. The fourth-order valence-electron chi connectivity index (χ4n) is 4.34. The first-order valence-electron chi connectivity index (χ1n) is 10.9. The van der Waals surface area contributed by atoms with E-state index in [1.807, 2.05) is 77.7 Å². The van der Waals surface area contributed by atoms with Gasteiger partial charge in [0.15, 0.2) is 0 Å². The summed E-state index contributed by atoms with van der Waals surface area (Å²) in [5.41, 5.74) is 1.74. The molecule has 0 spiro atoms. The number of thioether (sulfide) groups is 1. The number of fused-ring (bicyclic) bond motifs is 3. The molecular formula is C26H23ClN2O4S. The van der Waals surface area contributed by atoms with Gasteiger partial charge in [-0.25, -0.2) is 4.79 Å². The summed E-state index contributed by atoms with van der Waals surface area (Å²) in [5.74, 6) is 0.332. The highest BCUT2D eigenvalue weighted by atomic mass is 35.5. The molecule has 0 radical (unpaired) electrons. The molecule has 2 aliphatic heterocycles. The van der Waals surface area contributed by atoms with Gasteiger partial charge in [-0.3, -0.25) is 4.90 Å². The summed E-state index contributed by atoms with van der Waals surface area (Å²) in [7, 11) is 1.63. The van der Waals surface area contributed by atoms with Gasteiger partial charge in [0.25, 0.3) is 5.84 Å². The topological polar surface area (TPSA) is 60.4 Å². The van der Waals surface area contributed by atoms with E-state index >= 15 is 0 Å². The molecule has 5 rings (SSSR count). The first kappa shape index (κ1) is 22.6. The number of amidine groups is 1. The summed E-state index contributed by atoms with van der Waals surface area (Å²) in [6, 6.07) is 23.5. The highest BCUT2D eigenvalue weighted by Gasteiger charge is 2.54. The van der Waals surface area contributed by atoms with E-state index < -0.39 is 11.7 Å². The van der Waals surface area contributed by atoms with Crippen LogP contribution < -0.4 is 9.64 Å². The van der Waals surface area contributed by atoms with E-state index in [0.717, 1.165) is 27.5 Å². The molecule has 0 aromatic heterocycles. The van der Waals surface area contributed by atoms with E-state index in [2.05, 4.69) is 5.16 Å². The molecule has 2 unspecified atom stereocenters. The average Bonchev–Trinajstić information content (AvgIpc) is 3.17. The molecule has 174 valence electrons. The molecule has 34 heavy (non-hydrogen) atoms. The molecule has 6 nitrogen and oxygen atoms in total. The number of oxime groups is 1. The predicted molar refractivity (Wildman–Crippen MR) is 133 cm³/mol. The van der Waals surface area contributed by atoms with Crippen molar-refractivity contribution in [3.63, 3.8) is 0 Å². The van der Waals surface area contributed by atoms with Crippen molar-refractivity contribution in [3.8, 4) is 5.75 Å². The standard InChI is InChI=1S/C26H23ClN2O4S/c1-3-32-25(30)24-28-33-26(18-10-14-20(31-2)15-11-18)16-23(17-8-12-19(27)13-9-17)34-22-7-5-4-6-21(22)29(24)26/h4-15,23H,3,16H2,1-2H3. The van der Waals surface area contributed by atoms with Crippen LogP contribution in [0.1, 0.15) is 29.7 Å². The molecule has 2 heterocycles. The number of halogens is 1. The maximum atomic E-state index is 13.0. The Bertz CT molecular complexity index is 1230. The Kier molecular flexibility index (Phi) is 6.15. The summed E-state index contributed by atoms with van der Waals surface area (Å²) in [6.45, 7) is 2.01. The lowest BCUT2D eigenvalue weighted by molar-refractivity contribution is -0.135. The van der Waals surface area contributed by atoms with Crippen LogP contribution in [0, 0.1) is 0 Å². The van der Waals surface area contributed by atoms with Gasteiger partial charge in [-0.1, -0.05) is 41.0 Å². The average molecular weight is 495 g/mol. The quantitative estimate of drug-likeness (QED) is 0.396. The lowest BCUT2D eigenvalue weighted by Gasteiger charge is -2.37. The van der Waals surface area contributed by atoms with Crippen LogP contribution in [0.15, 0.2) is 82.8 Å². The number of carbonyl (C=O) groups is 1. The zero-order valence-electron chi connectivity index (χ0n) is 18.7. The Morgan fingerprint density at radius 2 is 1.88 bits per heavy atom. The molecule has 2 aliphatic rings. The summed E-state index contributed by atoms with van der Waals surface area (Å²) in [5, 5.41) is 4.96. The second-order valence-corrected chi connectivity index (χ2v) is 9.59. The SMILES string of the molecule is CCOC(=O)C1=NOC2(c3ccc(OC)cc3)CC(c3ccc(Cl)cc3)Sc3ccccc3N12. The minimum absolute atomic E-state index is 0.00210. The van der Waals surface area contributed by atoms with Crippen molar-refractivity contribution in [2.75, 3.05) is 18.6 Å². The van der Waals surface area contributed by atoms with Crippen molar-refractivity contribution in [2.45, 2.75) is 29.2 Å². The minimum atomic E-state index is -1.06. The van der Waals surface area contributed by atoms with Crippen LogP contribution >= 0.6 is 23.4 Å². The molecule has 0 aliphatic carbocycles. The second-order valence-electron chi connectivity index (χ2n) is 7.90. The fraction of sp³-hybridized carbons (Fsp3) is 0.231. The Hall–Kier alpha value is -3.16. The zero-order valence-corrected chi connectivity index (χ0v) is 20.3. The molecule has 0 saturated heterocycles. The van der Waals surface area contributed by atoms with Crippen molar-refractivity contribution in [2.24, 2.45) is 5.16 Å². The number of anilines is 1. The van der Waals surface area contributed by atoms with Gasteiger partial charge in [0, 0.05) is 27.2 Å². The number of nitrogens with zero attached hydrogens (tertiary/aromatic N) is 2. The third kappa shape index (κ3) is 3.89. The summed E-state index contributed by atoms with van der Waals surface area (Å²) in [6.07, 6.45) is 0.521. The van der Waals surface area contributed by atoms with Crippen LogP contribution in [0.2, 0.25) is 5.02 Å². The predicted octanol–water partition coefficient (Wildman–Crippen LogP) is 6.15. The third-order valence-electron chi connectivity index (χ3n) is 5.93. The monoisotopic (exact) mass is 494 g/mol. The molecule has 0 N–H and O–H groups in total. The smallest absolute Gasteiger partial charge is 0.378 e. The van der Waals surface area contributed by atoms with Gasteiger partial charge < -0.3 is 14.3 Å². The van der Waals surface area contributed by atoms with Gasteiger partial charge in [0.05, 0.1) is 19.4 Å². The summed E-state index contributed by atoms with van der Waals surface area (Å²) >= 11 is 7.89. The van der Waals surface area contributed by atoms with Gasteiger partial charge in [0.1, 0.15) is 5.75 Å². The zero-order chi connectivity index (χ0) is 23.7. The van der Waals surface area contributed by atoms with Crippen molar-refractivity contribution in [1.82, 2.24) is 0 Å². The van der Waals surface area contributed by atoms with Crippen LogP contribution in [-0.4, -0.2) is 25.5 Å². The minimum Gasteiger partial charge on any atom is -0.497 e. The van der Waals surface area contributed by atoms with Gasteiger partial charge in [-0.2, -0.15) is 0 Å². The van der Waals surface area contributed by atoms with Gasteiger partial charge in [-0.15, -0.1) is 11.8 Å². The van der Waals surface area contributed by atoms with E-state index in [-0.39, 0.29) is 17.7 Å². The Labute approximate surface area is 207 Å². The lowest BCUT2D eigenvalue weighted by Crippen LogP contribution is -2.49. The Morgan fingerprint density at radius 1 is 1.15 bits per heavy atom. The Morgan fingerprint density at radius 3 is 2.59 bits per heavy atom. The number of esters is 1. The van der Waals surface area contributed by atoms with E-state index in [1.54, 1.807) is 25.8 Å². The van der Waals surface area contributed by atoms with E-state index in [0.29, 0.717) is 11.4 Å². The maximum Gasteiger partial charge on any atom is 0.378 e. The number of hydrogen-bond acceptors (Lipinski definition) is 7. The normalized spacial score (nSPS) is 21.0. The van der Waals surface area contributed by atoms with Crippen molar-refractivity contribution < 1.29 is 19.1 Å². The van der Waals surface area contributed by atoms with E-state index in [9.17, 15) is 4.79 Å². The van der Waals surface area contributed by atoms with Crippen LogP contribution in [0.4, 0.5) is 5.69 Å². The number of ether oxygens (including phenoxy) is 2. The number of rotatable bonds is 5. The third-order valence-corrected chi connectivity index (χ3v) is 7.51. The van der Waals surface area contributed by atoms with E-state index in [1.165, 1.54) is 0 Å². The first-order valence-corrected chi connectivity index (χ1v) is 12.2. The molecule has 3 aromatic rings. The number of hydrogen-bond donors (Lipinski definition) is 0. The summed E-state index contributed by atoms with van der Waals surface area (Å²) < 4.78 is 10.7. The van der Waals surface area contributed by atoms with Crippen LogP contribution in [-0.2, 0) is 20.1 Å². The largest absolute Gasteiger partial charge is 0.497 e. The lowest BCUT2D eigenvalue weighted by atomic mass is 9.92. The molecular weight excluding hydrogens is 472 g/mol. The van der Waals surface area contributed by atoms with Crippen LogP contribution in [0.5, 0.6) is 5.75 Å². The molecule has 2 atom stereocenters.